The highest BCUT2D eigenvalue weighted by Gasteiger charge is 2.46. The molecule has 9 aromatic rings. The van der Waals surface area contributed by atoms with Gasteiger partial charge in [0.25, 0.3) is 0 Å². The van der Waals surface area contributed by atoms with E-state index in [0.29, 0.717) is 11.4 Å². The highest BCUT2D eigenvalue weighted by atomic mass is 16.3. The summed E-state index contributed by atoms with van der Waals surface area (Å²) in [6.45, 7) is 4.84. The number of fused-ring (bicyclic) bond motifs is 11. The van der Waals surface area contributed by atoms with Crippen molar-refractivity contribution in [2.45, 2.75) is 56.8 Å². The SMILES string of the molecule is CC1(C)c2cc(-c3cccc(-c4ccc(-c5nc(-c6ccccc6)nc6c5oc5ccccc56)cc4)c3)ccc2-c2cc3c(cc21)-c1ccccc1C31CCCCC1. The molecule has 0 N–H and O–H groups in total. The number of furan rings is 1. The Morgan fingerprint density at radius 2 is 1.07 bits per heavy atom. The molecule has 3 aliphatic rings. The van der Waals surface area contributed by atoms with E-state index in [9.17, 15) is 0 Å². The second kappa shape index (κ2) is 12.5. The number of benzene rings is 7. The van der Waals surface area contributed by atoms with E-state index in [1.807, 2.05) is 36.4 Å². The van der Waals surface area contributed by atoms with Crippen LogP contribution in [0.3, 0.4) is 0 Å². The fourth-order valence-corrected chi connectivity index (χ4v) is 10.8. The van der Waals surface area contributed by atoms with Crippen molar-refractivity contribution < 1.29 is 4.42 Å². The van der Waals surface area contributed by atoms with Crippen molar-refractivity contribution in [1.29, 1.82) is 0 Å². The molecule has 7 aromatic carbocycles. The molecule has 2 heterocycles. The summed E-state index contributed by atoms with van der Waals surface area (Å²) < 4.78 is 6.41. The molecule has 0 radical (unpaired) electrons. The van der Waals surface area contributed by atoms with Crippen molar-refractivity contribution in [2.24, 2.45) is 0 Å². The molecule has 0 unspecified atom stereocenters. The van der Waals surface area contributed by atoms with Gasteiger partial charge in [-0.2, -0.15) is 0 Å². The van der Waals surface area contributed by atoms with Gasteiger partial charge in [0.1, 0.15) is 16.8 Å². The van der Waals surface area contributed by atoms with Crippen molar-refractivity contribution in [3.63, 3.8) is 0 Å². The third-order valence-electron chi connectivity index (χ3n) is 13.7. The van der Waals surface area contributed by atoms with E-state index >= 15 is 0 Å². The summed E-state index contributed by atoms with van der Waals surface area (Å²) in [6.07, 6.45) is 6.48. The van der Waals surface area contributed by atoms with Crippen LogP contribution in [-0.4, -0.2) is 9.97 Å². The second-order valence-electron chi connectivity index (χ2n) is 17.2. The van der Waals surface area contributed by atoms with Crippen LogP contribution in [0.1, 0.15) is 68.2 Å². The molecule has 0 bridgehead atoms. The van der Waals surface area contributed by atoms with E-state index in [0.717, 1.165) is 38.9 Å². The van der Waals surface area contributed by atoms with E-state index in [4.69, 9.17) is 14.4 Å². The topological polar surface area (TPSA) is 38.9 Å². The molecule has 12 rings (SSSR count). The Labute approximate surface area is 339 Å². The molecular formula is C55H42N2O. The smallest absolute Gasteiger partial charge is 0.180 e. The number of aromatic nitrogens is 2. The number of para-hydroxylation sites is 1. The van der Waals surface area contributed by atoms with Crippen LogP contribution in [0, 0.1) is 0 Å². The molecule has 3 nitrogen and oxygen atoms in total. The maximum Gasteiger partial charge on any atom is 0.180 e. The Bertz CT molecular complexity index is 3110. The summed E-state index contributed by atoms with van der Waals surface area (Å²) in [7, 11) is 0. The molecule has 1 spiro atoms. The predicted molar refractivity (Wildman–Crippen MR) is 238 cm³/mol. The normalized spacial score (nSPS) is 15.7. The molecule has 278 valence electrons. The van der Waals surface area contributed by atoms with E-state index in [2.05, 4.69) is 135 Å². The van der Waals surface area contributed by atoms with Gasteiger partial charge in [0.2, 0.25) is 0 Å². The molecule has 0 aliphatic heterocycles. The average Bonchev–Trinajstić information content (AvgIpc) is 3.86. The maximum atomic E-state index is 6.41. The van der Waals surface area contributed by atoms with Crippen LogP contribution >= 0.6 is 0 Å². The van der Waals surface area contributed by atoms with Crippen LogP contribution in [0.5, 0.6) is 0 Å². The highest BCUT2D eigenvalue weighted by molar-refractivity contribution is 6.07. The molecule has 3 aliphatic carbocycles. The van der Waals surface area contributed by atoms with Crippen molar-refractivity contribution in [1.82, 2.24) is 9.97 Å². The summed E-state index contributed by atoms with van der Waals surface area (Å²) in [5, 5.41) is 0.993. The summed E-state index contributed by atoms with van der Waals surface area (Å²) in [5.74, 6) is 0.689. The third-order valence-corrected chi connectivity index (χ3v) is 13.7. The summed E-state index contributed by atoms with van der Waals surface area (Å²) >= 11 is 0. The zero-order valence-electron chi connectivity index (χ0n) is 32.8. The molecule has 1 fully saturated rings. The van der Waals surface area contributed by atoms with Gasteiger partial charge in [-0.25, -0.2) is 9.97 Å². The molecule has 2 aromatic heterocycles. The average molecular weight is 747 g/mol. The fourth-order valence-electron chi connectivity index (χ4n) is 10.8. The van der Waals surface area contributed by atoms with Crippen LogP contribution in [0.4, 0.5) is 0 Å². The Kier molecular flexibility index (Phi) is 7.21. The van der Waals surface area contributed by atoms with Crippen LogP contribution in [0.15, 0.2) is 162 Å². The fraction of sp³-hybridized carbons (Fsp3) is 0.164. The van der Waals surface area contributed by atoms with Crippen molar-refractivity contribution >= 4 is 22.1 Å². The third kappa shape index (κ3) is 4.86. The van der Waals surface area contributed by atoms with Crippen molar-refractivity contribution in [3.05, 3.63) is 180 Å². The number of nitrogens with zero attached hydrogens (tertiary/aromatic N) is 2. The Balaban J connectivity index is 0.901. The maximum absolute atomic E-state index is 6.41. The number of hydrogen-bond donors (Lipinski definition) is 0. The van der Waals surface area contributed by atoms with Gasteiger partial charge in [-0.1, -0.05) is 154 Å². The van der Waals surface area contributed by atoms with E-state index < -0.39 is 0 Å². The second-order valence-corrected chi connectivity index (χ2v) is 17.2. The minimum atomic E-state index is -0.104. The van der Waals surface area contributed by atoms with Gasteiger partial charge < -0.3 is 4.42 Å². The van der Waals surface area contributed by atoms with Crippen LogP contribution in [0.25, 0.3) is 89.2 Å². The Hall–Kier alpha value is -6.58. The minimum absolute atomic E-state index is 0.104. The first-order valence-electron chi connectivity index (χ1n) is 20.9. The highest BCUT2D eigenvalue weighted by Crippen LogP contribution is 2.60. The molecule has 3 heteroatoms. The monoisotopic (exact) mass is 746 g/mol. The Morgan fingerprint density at radius 1 is 0.448 bits per heavy atom. The number of hydrogen-bond acceptors (Lipinski definition) is 3. The first-order valence-corrected chi connectivity index (χ1v) is 20.9. The van der Waals surface area contributed by atoms with Gasteiger partial charge in [0.05, 0.1) is 0 Å². The molecule has 58 heavy (non-hydrogen) atoms. The summed E-state index contributed by atoms with van der Waals surface area (Å²) in [4.78, 5) is 10.1. The van der Waals surface area contributed by atoms with Crippen molar-refractivity contribution in [3.8, 4) is 67.2 Å². The van der Waals surface area contributed by atoms with Gasteiger partial charge in [-0.15, -0.1) is 0 Å². The summed E-state index contributed by atoms with van der Waals surface area (Å²) in [6, 6.07) is 57.6. The first-order chi connectivity index (χ1) is 28.5. The van der Waals surface area contributed by atoms with E-state index in [1.54, 1.807) is 11.1 Å². The minimum Gasteiger partial charge on any atom is -0.452 e. The predicted octanol–water partition coefficient (Wildman–Crippen LogP) is 14.6. The lowest BCUT2D eigenvalue weighted by atomic mass is 9.67. The van der Waals surface area contributed by atoms with Crippen LogP contribution in [-0.2, 0) is 10.8 Å². The Morgan fingerprint density at radius 3 is 1.91 bits per heavy atom. The zero-order valence-corrected chi connectivity index (χ0v) is 32.8. The van der Waals surface area contributed by atoms with E-state index in [-0.39, 0.29) is 10.8 Å². The lowest BCUT2D eigenvalue weighted by Crippen LogP contribution is -2.28. The molecule has 0 saturated heterocycles. The quantitative estimate of drug-likeness (QED) is 0.180. The van der Waals surface area contributed by atoms with Gasteiger partial charge in [0, 0.05) is 27.3 Å². The number of rotatable bonds is 4. The van der Waals surface area contributed by atoms with Gasteiger partial charge in [0.15, 0.2) is 11.4 Å². The van der Waals surface area contributed by atoms with Gasteiger partial charge in [-0.05, 0) is 116 Å². The van der Waals surface area contributed by atoms with Crippen molar-refractivity contribution in [2.75, 3.05) is 0 Å². The molecule has 1 saturated carbocycles. The lowest BCUT2D eigenvalue weighted by Gasteiger charge is -2.36. The molecule has 0 atom stereocenters. The van der Waals surface area contributed by atoms with Crippen LogP contribution in [0.2, 0.25) is 0 Å². The summed E-state index contributed by atoms with van der Waals surface area (Å²) in [5.41, 5.74) is 21.7. The van der Waals surface area contributed by atoms with Crippen LogP contribution < -0.4 is 0 Å². The zero-order chi connectivity index (χ0) is 38.6. The molecular weight excluding hydrogens is 705 g/mol. The molecule has 0 amide bonds. The first kappa shape index (κ1) is 33.5. The lowest BCUT2D eigenvalue weighted by molar-refractivity contribution is 0.353. The standard InChI is InChI=1S/C55H42N2O/c1-54(2)46-31-39(26-27-41(46)43-33-48-44(32-47(43)54)40-18-7-9-20-45(40)55(48)28-11-4-12-29-55)38-17-13-16-37(30-38)34-22-24-35(25-23-34)50-52-51(42-19-8-10-21-49(42)58-52)57-53(56-50)36-14-5-3-6-15-36/h3,5-10,13-27,30-33H,4,11-12,28-29H2,1-2H3. The van der Waals surface area contributed by atoms with E-state index in [1.165, 1.54) is 82.2 Å². The van der Waals surface area contributed by atoms with Gasteiger partial charge >= 0.3 is 0 Å². The largest absolute Gasteiger partial charge is 0.452 e. The van der Waals surface area contributed by atoms with Gasteiger partial charge in [-0.3, -0.25) is 0 Å².